The van der Waals surface area contributed by atoms with Gasteiger partial charge in [0.05, 0.1) is 42.8 Å². The molecule has 4 rings (SSSR count). The average Bonchev–Trinajstić information content (AvgIpc) is 3.38. The second-order valence-electron chi connectivity index (χ2n) is 6.45. The normalized spacial score (nSPS) is 9.62. The number of hydrogen-bond acceptors (Lipinski definition) is 4. The fourth-order valence-corrected chi connectivity index (χ4v) is 6.57. The lowest BCUT2D eigenvalue weighted by Gasteiger charge is -1.94. The summed E-state index contributed by atoms with van der Waals surface area (Å²) in [5, 5.41) is 17.8. The van der Waals surface area contributed by atoms with Crippen LogP contribution in [0.1, 0.15) is 32.0 Å². The van der Waals surface area contributed by atoms with E-state index in [0.717, 1.165) is 39.6 Å². The predicted molar refractivity (Wildman–Crippen MR) is 137 cm³/mol. The second kappa shape index (κ2) is 10.0. The Morgan fingerprint density at radius 2 is 0.875 bits per heavy atom. The summed E-state index contributed by atoms with van der Waals surface area (Å²) in [7, 11) is 0. The molecule has 0 unspecified atom stereocenters. The summed E-state index contributed by atoms with van der Waals surface area (Å²) in [6, 6.07) is 22.7. The Bertz CT molecular complexity index is 1390. The van der Waals surface area contributed by atoms with Gasteiger partial charge in [-0.15, -0.1) is 22.7 Å². The highest BCUT2D eigenvalue weighted by molar-refractivity contribution is 9.11. The first-order valence-corrected chi connectivity index (χ1v) is 12.4. The van der Waals surface area contributed by atoms with Crippen LogP contribution in [0.3, 0.4) is 0 Å². The van der Waals surface area contributed by atoms with Gasteiger partial charge < -0.3 is 0 Å². The predicted octanol–water partition coefficient (Wildman–Crippen LogP) is 7.54. The maximum Gasteiger partial charge on any atom is 0.0991 e. The van der Waals surface area contributed by atoms with Gasteiger partial charge in [0.25, 0.3) is 0 Å². The minimum Gasteiger partial charge on any atom is -0.192 e. The molecule has 2 nitrogen and oxygen atoms in total. The van der Waals surface area contributed by atoms with Crippen LogP contribution < -0.4 is 0 Å². The molecule has 32 heavy (non-hydrogen) atoms. The fourth-order valence-electron chi connectivity index (χ4n) is 2.69. The fraction of sp³-hybridized carbons (Fsp3) is 0. The third-order valence-corrected chi connectivity index (χ3v) is 8.31. The summed E-state index contributed by atoms with van der Waals surface area (Å²) in [6.07, 6.45) is 0. The summed E-state index contributed by atoms with van der Waals surface area (Å²) in [4.78, 5) is 4.08. The second-order valence-corrected chi connectivity index (χ2v) is 10.3. The van der Waals surface area contributed by atoms with E-state index in [2.05, 4.69) is 67.7 Å². The van der Waals surface area contributed by atoms with Gasteiger partial charge in [-0.1, -0.05) is 23.7 Å². The van der Waals surface area contributed by atoms with Crippen molar-refractivity contribution < 1.29 is 0 Å². The summed E-state index contributed by atoms with van der Waals surface area (Å²) in [5.41, 5.74) is 2.98. The number of halogens is 2. The summed E-state index contributed by atoms with van der Waals surface area (Å²) in [5.74, 6) is 12.7. The largest absolute Gasteiger partial charge is 0.192 e. The Morgan fingerprint density at radius 1 is 0.531 bits per heavy atom. The lowest BCUT2D eigenvalue weighted by Crippen LogP contribution is -1.76. The molecule has 6 heteroatoms. The Kier molecular flexibility index (Phi) is 6.92. The topological polar surface area (TPSA) is 47.6 Å². The minimum absolute atomic E-state index is 0.623. The first kappa shape index (κ1) is 22.1. The lowest BCUT2D eigenvalue weighted by atomic mass is 10.1. The lowest BCUT2D eigenvalue weighted by molar-refractivity contribution is 1.48. The highest BCUT2D eigenvalue weighted by Gasteiger charge is 2.14. The first-order valence-electron chi connectivity index (χ1n) is 9.19. The molecule has 150 valence electrons. The number of thiophene rings is 2. The van der Waals surface area contributed by atoms with E-state index in [1.54, 1.807) is 46.9 Å². The molecule has 0 radical (unpaired) electrons. The van der Waals surface area contributed by atoms with E-state index < -0.39 is 0 Å². The molecule has 0 aliphatic carbocycles. The SMILES string of the molecule is N#Cc1ccc(C#Cc2cc(Br)c(-c3sc(C#Cc4ccc(C#N)cc4)cc3Br)s2)cc1. The Balaban J connectivity index is 1.57. The van der Waals surface area contributed by atoms with E-state index in [4.69, 9.17) is 10.5 Å². The molecule has 2 aromatic carbocycles. The van der Waals surface area contributed by atoms with E-state index in [1.807, 2.05) is 36.4 Å². The molecule has 0 spiro atoms. The van der Waals surface area contributed by atoms with E-state index in [9.17, 15) is 0 Å². The zero-order valence-corrected chi connectivity index (χ0v) is 21.0. The Labute approximate surface area is 211 Å². The molecule has 0 amide bonds. The van der Waals surface area contributed by atoms with Crippen LogP contribution in [0.2, 0.25) is 0 Å². The molecular weight excluding hydrogens is 564 g/mol. The highest BCUT2D eigenvalue weighted by Crippen LogP contribution is 2.44. The van der Waals surface area contributed by atoms with Crippen molar-refractivity contribution in [3.05, 3.63) is 102 Å². The van der Waals surface area contributed by atoms with Crippen LogP contribution in [0.5, 0.6) is 0 Å². The van der Waals surface area contributed by atoms with Crippen molar-refractivity contribution in [3.63, 3.8) is 0 Å². The minimum atomic E-state index is 0.623. The Hall–Kier alpha value is -3.10. The quantitative estimate of drug-likeness (QED) is 0.221. The standard InChI is InChI=1S/C26H10Br2N2S2/c27-23-13-21(11-9-17-1-5-19(15-29)6-2-17)31-25(23)26-24(28)14-22(32-26)12-10-18-3-7-20(16-30)8-4-18/h1-8,13-14H. The third kappa shape index (κ3) is 5.20. The van der Waals surface area contributed by atoms with Gasteiger partial charge in [-0.05, 0) is 92.5 Å². The van der Waals surface area contributed by atoms with E-state index in [1.165, 1.54) is 0 Å². The molecule has 2 aromatic heterocycles. The zero-order valence-electron chi connectivity index (χ0n) is 16.2. The molecular formula is C26H10Br2N2S2. The van der Waals surface area contributed by atoms with E-state index in [0.29, 0.717) is 11.1 Å². The van der Waals surface area contributed by atoms with Crippen molar-refractivity contribution in [2.24, 2.45) is 0 Å². The molecule has 0 atom stereocenters. The summed E-state index contributed by atoms with van der Waals surface area (Å²) < 4.78 is 1.97. The van der Waals surface area contributed by atoms with Crippen LogP contribution in [0, 0.1) is 46.3 Å². The molecule has 0 fully saturated rings. The average molecular weight is 574 g/mol. The molecule has 0 aliphatic rings. The molecule has 0 saturated heterocycles. The summed E-state index contributed by atoms with van der Waals surface area (Å²) in [6.45, 7) is 0. The van der Waals surface area contributed by atoms with Crippen molar-refractivity contribution in [2.45, 2.75) is 0 Å². The van der Waals surface area contributed by atoms with Gasteiger partial charge in [-0.2, -0.15) is 10.5 Å². The van der Waals surface area contributed by atoms with Gasteiger partial charge in [0.15, 0.2) is 0 Å². The number of rotatable bonds is 1. The highest BCUT2D eigenvalue weighted by atomic mass is 79.9. The van der Waals surface area contributed by atoms with Gasteiger partial charge >= 0.3 is 0 Å². The van der Waals surface area contributed by atoms with Gasteiger partial charge in [-0.3, -0.25) is 0 Å². The summed E-state index contributed by atoms with van der Waals surface area (Å²) >= 11 is 10.6. The number of benzene rings is 2. The van der Waals surface area contributed by atoms with Crippen molar-refractivity contribution in [2.75, 3.05) is 0 Å². The smallest absolute Gasteiger partial charge is 0.0991 e. The molecule has 0 N–H and O–H groups in total. The van der Waals surface area contributed by atoms with Gasteiger partial charge in [0.1, 0.15) is 0 Å². The van der Waals surface area contributed by atoms with E-state index in [-0.39, 0.29) is 0 Å². The zero-order chi connectivity index (χ0) is 22.5. The van der Waals surface area contributed by atoms with Gasteiger partial charge in [0.2, 0.25) is 0 Å². The molecule has 4 aromatic rings. The monoisotopic (exact) mass is 572 g/mol. The van der Waals surface area contributed by atoms with Crippen molar-refractivity contribution >= 4 is 54.5 Å². The third-order valence-electron chi connectivity index (χ3n) is 4.27. The van der Waals surface area contributed by atoms with Crippen LogP contribution in [0.25, 0.3) is 9.75 Å². The first-order chi connectivity index (χ1) is 15.6. The van der Waals surface area contributed by atoms with Crippen LogP contribution in [0.4, 0.5) is 0 Å². The van der Waals surface area contributed by atoms with Crippen molar-refractivity contribution in [1.82, 2.24) is 0 Å². The number of nitriles is 2. The molecule has 2 heterocycles. The van der Waals surface area contributed by atoms with Crippen LogP contribution in [-0.2, 0) is 0 Å². The van der Waals surface area contributed by atoms with Crippen LogP contribution >= 0.6 is 54.5 Å². The molecule has 0 bridgehead atoms. The number of hydrogen-bond donors (Lipinski definition) is 0. The van der Waals surface area contributed by atoms with E-state index >= 15 is 0 Å². The molecule has 0 saturated carbocycles. The number of nitrogens with zero attached hydrogens (tertiary/aromatic N) is 2. The van der Waals surface area contributed by atoms with Gasteiger partial charge in [0, 0.05) is 20.1 Å². The van der Waals surface area contributed by atoms with Gasteiger partial charge in [-0.25, -0.2) is 0 Å². The van der Waals surface area contributed by atoms with Crippen LogP contribution in [0.15, 0.2) is 69.6 Å². The maximum atomic E-state index is 8.90. The molecule has 0 aliphatic heterocycles. The van der Waals surface area contributed by atoms with Crippen molar-refractivity contribution in [3.8, 4) is 45.6 Å². The van der Waals surface area contributed by atoms with Crippen molar-refractivity contribution in [1.29, 1.82) is 10.5 Å². The Morgan fingerprint density at radius 3 is 1.22 bits per heavy atom. The van der Waals surface area contributed by atoms with Crippen LogP contribution in [-0.4, -0.2) is 0 Å². The maximum absolute atomic E-state index is 8.90.